The van der Waals surface area contributed by atoms with Gasteiger partial charge in [-0.25, -0.2) is 24.4 Å². The van der Waals surface area contributed by atoms with E-state index in [1.807, 2.05) is 163 Å². The molecule has 2 saturated heterocycles. The number of carbonyl (C=O) groups excluding carboxylic acids is 3. The molecule has 0 spiro atoms. The van der Waals surface area contributed by atoms with Crippen LogP contribution in [-0.4, -0.2) is 91.8 Å². The van der Waals surface area contributed by atoms with Gasteiger partial charge in [0.1, 0.15) is 47.4 Å². The van der Waals surface area contributed by atoms with Crippen molar-refractivity contribution in [3.63, 3.8) is 0 Å². The van der Waals surface area contributed by atoms with Crippen molar-refractivity contribution in [1.29, 1.82) is 0 Å². The lowest BCUT2D eigenvalue weighted by atomic mass is 9.86. The molecule has 2 aliphatic rings. The number of piperidine rings is 2. The fraction of sp³-hybridized carbons (Fsp3) is 0.361. The van der Waals surface area contributed by atoms with Crippen LogP contribution in [0.25, 0.3) is 33.5 Å². The number of amides is 3. The summed E-state index contributed by atoms with van der Waals surface area (Å²) in [5, 5.41) is 3.04. The van der Waals surface area contributed by atoms with Crippen LogP contribution in [0, 0.1) is 0 Å². The van der Waals surface area contributed by atoms with Gasteiger partial charge in [-0.1, -0.05) is 84.9 Å². The third kappa shape index (κ3) is 13.7. The van der Waals surface area contributed by atoms with Gasteiger partial charge in [-0.3, -0.25) is 19.1 Å². The molecule has 3 amide bonds. The van der Waals surface area contributed by atoms with E-state index in [9.17, 15) is 24.0 Å². The van der Waals surface area contributed by atoms with Crippen LogP contribution in [0.2, 0.25) is 0 Å². The normalized spacial score (nSPS) is 15.6. The smallest absolute Gasteiger partial charge is 0.410 e. The fourth-order valence-electron chi connectivity index (χ4n) is 9.73. The molecule has 2 fully saturated rings. The number of H-pyrrole nitrogens is 1. The van der Waals surface area contributed by atoms with Gasteiger partial charge in [0.15, 0.2) is 0 Å². The van der Waals surface area contributed by atoms with E-state index in [1.165, 1.54) is 7.05 Å². The molecule has 7 aromatic rings. The molecule has 2 unspecified atom stereocenters. The summed E-state index contributed by atoms with van der Waals surface area (Å²) in [6, 6.07) is 38.8. The number of ether oxygens (including phenoxy) is 4. The van der Waals surface area contributed by atoms with Gasteiger partial charge in [0.05, 0.1) is 22.3 Å². The third-order valence-electron chi connectivity index (χ3n) is 13.5. The average molecular weight is 1060 g/mol. The molecule has 0 radical (unpaired) electrons. The number of nitrogens with two attached hydrogens (primary N) is 1. The van der Waals surface area contributed by atoms with Crippen molar-refractivity contribution < 1.29 is 33.3 Å². The van der Waals surface area contributed by atoms with Gasteiger partial charge >= 0.3 is 17.9 Å². The first-order valence-corrected chi connectivity index (χ1v) is 26.4. The molecule has 17 heteroatoms. The Morgan fingerprint density at radius 1 is 0.654 bits per heavy atom. The molecule has 5 heterocycles. The van der Waals surface area contributed by atoms with E-state index in [1.54, 1.807) is 16.8 Å². The Morgan fingerprint density at radius 3 is 1.59 bits per heavy atom. The minimum absolute atomic E-state index is 0.106. The first-order chi connectivity index (χ1) is 37.3. The van der Waals surface area contributed by atoms with Crippen molar-refractivity contribution in [1.82, 2.24) is 34.6 Å². The maximum Gasteiger partial charge on any atom is 0.410 e. The zero-order valence-corrected chi connectivity index (χ0v) is 45.8. The number of nitrogens with zero attached hydrogens (tertiary/aromatic N) is 5. The summed E-state index contributed by atoms with van der Waals surface area (Å²) in [6.07, 6.45) is 2.38. The number of aromatic amines is 1. The monoisotopic (exact) mass is 1060 g/mol. The number of hydrogen-bond donors (Lipinski definition) is 3. The van der Waals surface area contributed by atoms with E-state index >= 15 is 0 Å². The SMILES string of the molecule is CNC(=O)c1c(C2CCCN(C(=O)OC(C)(C)C)C2)cc(-c2ccccc2OCc2ccccc2)nc1N.Cn1c(=O)[nH]c2nc(-c3ccccc3OCc3ccccc3)cc(C3CCCN(C(=O)OC(C)(C)C)C3)c2c1=O. The standard InChI is InChI=1S/C31H34N4O5.C30H36N4O4/c1-31(2,3)40-30(38)35-16-10-13-21(18-35)23-17-24(32-27-26(23)28(36)34(4)29(37)33-27)22-14-8-9-15-25(22)39-19-20-11-6-5-7-12-20;1-30(2,3)38-29(36)34-16-10-13-21(18-34)23-17-24(33-27(31)26(23)28(35)32-4)22-14-8-9-15-25(22)37-19-20-11-6-5-7-12-20/h5-9,11-12,14-15,17,21H,10,13,16,18-19H2,1-4H3,(H,32,33,37);5-9,11-12,14-15,17,21H,10,13,16,18-19H2,1-4H3,(H2,31,33)(H,32,35). The summed E-state index contributed by atoms with van der Waals surface area (Å²) in [7, 11) is 3.01. The molecular formula is C61H70N8O9. The lowest BCUT2D eigenvalue weighted by Crippen LogP contribution is -2.42. The second-order valence-corrected chi connectivity index (χ2v) is 21.6. The molecule has 4 aromatic carbocycles. The van der Waals surface area contributed by atoms with Crippen molar-refractivity contribution in [3.8, 4) is 34.0 Å². The van der Waals surface area contributed by atoms with Gasteiger partial charge in [0.25, 0.3) is 11.5 Å². The molecule has 3 aromatic heterocycles. The first kappa shape index (κ1) is 55.8. The highest BCUT2D eigenvalue weighted by molar-refractivity contribution is 6.00. The molecule has 2 aliphatic heterocycles. The van der Waals surface area contributed by atoms with Crippen molar-refractivity contribution in [2.24, 2.45) is 7.05 Å². The second-order valence-electron chi connectivity index (χ2n) is 21.6. The quantitative estimate of drug-likeness (QED) is 0.110. The number of hydrogen-bond acceptors (Lipinski definition) is 12. The first-order valence-electron chi connectivity index (χ1n) is 26.4. The summed E-state index contributed by atoms with van der Waals surface area (Å²) in [6.45, 7) is 13.8. The highest BCUT2D eigenvalue weighted by Crippen LogP contribution is 2.39. The minimum Gasteiger partial charge on any atom is -0.488 e. The Bertz CT molecular complexity index is 3390. The summed E-state index contributed by atoms with van der Waals surface area (Å²) < 4.78 is 24.6. The highest BCUT2D eigenvalue weighted by Gasteiger charge is 2.33. The molecule has 9 rings (SSSR count). The Morgan fingerprint density at radius 2 is 1.10 bits per heavy atom. The molecular weight excluding hydrogens is 989 g/mol. The molecule has 78 heavy (non-hydrogen) atoms. The van der Waals surface area contributed by atoms with E-state index in [0.29, 0.717) is 73.2 Å². The maximum absolute atomic E-state index is 13.4. The van der Waals surface area contributed by atoms with Crippen LogP contribution >= 0.6 is 0 Å². The maximum atomic E-state index is 13.4. The van der Waals surface area contributed by atoms with Crippen LogP contribution in [-0.2, 0) is 29.7 Å². The number of rotatable bonds is 11. The Hall–Kier alpha value is -8.47. The lowest BCUT2D eigenvalue weighted by molar-refractivity contribution is 0.0188. The third-order valence-corrected chi connectivity index (χ3v) is 13.5. The molecule has 2 atom stereocenters. The van der Waals surface area contributed by atoms with Gasteiger partial charge in [-0.2, -0.15) is 0 Å². The number of benzene rings is 4. The van der Waals surface area contributed by atoms with Crippen molar-refractivity contribution in [2.45, 2.75) is 103 Å². The Kier molecular flexibility index (Phi) is 17.3. The zero-order chi connectivity index (χ0) is 55.7. The average Bonchev–Trinajstić information content (AvgIpc) is 3.48. The number of nitrogen functional groups attached to an aromatic ring is 1. The van der Waals surface area contributed by atoms with Crippen LogP contribution in [0.1, 0.15) is 112 Å². The molecule has 0 bridgehead atoms. The van der Waals surface area contributed by atoms with E-state index in [4.69, 9.17) is 29.7 Å². The van der Waals surface area contributed by atoms with Gasteiger partial charge in [0, 0.05) is 63.2 Å². The van der Waals surface area contributed by atoms with Crippen LogP contribution in [0.3, 0.4) is 0 Å². The predicted molar refractivity (Wildman–Crippen MR) is 302 cm³/mol. The zero-order valence-electron chi connectivity index (χ0n) is 45.8. The van der Waals surface area contributed by atoms with Crippen LogP contribution in [0.5, 0.6) is 11.5 Å². The summed E-state index contributed by atoms with van der Waals surface area (Å²) in [5.41, 5.74) is 11.1. The number of carbonyl (C=O) groups is 3. The largest absolute Gasteiger partial charge is 0.488 e. The van der Waals surface area contributed by atoms with Gasteiger partial charge < -0.3 is 39.8 Å². The number of para-hydroxylation sites is 2. The lowest BCUT2D eigenvalue weighted by Gasteiger charge is -2.35. The molecule has 0 saturated carbocycles. The van der Waals surface area contributed by atoms with Gasteiger partial charge in [0.2, 0.25) is 0 Å². The van der Waals surface area contributed by atoms with Gasteiger partial charge in [-0.05, 0) is 126 Å². The van der Waals surface area contributed by atoms with E-state index in [0.717, 1.165) is 63.6 Å². The number of pyridine rings is 2. The summed E-state index contributed by atoms with van der Waals surface area (Å²) in [4.78, 5) is 80.1. The van der Waals surface area contributed by atoms with Crippen molar-refractivity contribution in [2.75, 3.05) is 39.0 Å². The van der Waals surface area contributed by atoms with E-state index in [-0.39, 0.29) is 41.4 Å². The molecule has 0 aliphatic carbocycles. The van der Waals surface area contributed by atoms with E-state index in [2.05, 4.69) is 15.3 Å². The fourth-order valence-corrected chi connectivity index (χ4v) is 9.73. The number of fused-ring (bicyclic) bond motifs is 1. The number of likely N-dealkylation sites (tertiary alicyclic amines) is 2. The van der Waals surface area contributed by atoms with Crippen molar-refractivity contribution >= 4 is 34.9 Å². The molecule has 17 nitrogen and oxygen atoms in total. The minimum atomic E-state index is -0.612. The Balaban J connectivity index is 0.000000206. The van der Waals surface area contributed by atoms with Crippen molar-refractivity contribution in [3.05, 3.63) is 170 Å². The van der Waals surface area contributed by atoms with Crippen LogP contribution < -0.4 is 31.8 Å². The summed E-state index contributed by atoms with van der Waals surface area (Å²) in [5.74, 6) is 0.880. The van der Waals surface area contributed by atoms with Crippen LogP contribution in [0.4, 0.5) is 15.4 Å². The molecule has 4 N–H and O–H groups in total. The second kappa shape index (κ2) is 24.2. The number of anilines is 1. The Labute approximate surface area is 454 Å². The number of aromatic nitrogens is 4. The topological polar surface area (TPSA) is 213 Å². The number of nitrogens with one attached hydrogen (secondary N) is 2. The van der Waals surface area contributed by atoms with E-state index < -0.39 is 22.5 Å². The van der Waals surface area contributed by atoms with Gasteiger partial charge in [-0.15, -0.1) is 0 Å². The molecule has 408 valence electrons. The van der Waals surface area contributed by atoms with Crippen LogP contribution in [0.15, 0.2) is 131 Å². The summed E-state index contributed by atoms with van der Waals surface area (Å²) >= 11 is 0. The highest BCUT2D eigenvalue weighted by atomic mass is 16.6. The predicted octanol–water partition coefficient (Wildman–Crippen LogP) is 10.4.